The molecule has 4 aliphatic carbocycles. The van der Waals surface area contributed by atoms with E-state index in [2.05, 4.69) is 15.9 Å². The molecule has 0 heterocycles. The molecule has 0 spiro atoms. The average molecular weight is 488 g/mol. The fourth-order valence-electron chi connectivity index (χ4n) is 6.00. The Morgan fingerprint density at radius 3 is 2.32 bits per heavy atom. The molecule has 0 N–H and O–H groups in total. The Hall–Kier alpha value is -2.33. The van der Waals surface area contributed by atoms with Gasteiger partial charge < -0.3 is 14.2 Å². The first-order valence-electron chi connectivity index (χ1n) is 10.8. The van der Waals surface area contributed by atoms with Gasteiger partial charge in [-0.05, 0) is 103 Å². The van der Waals surface area contributed by atoms with E-state index >= 15 is 0 Å². The van der Waals surface area contributed by atoms with Crippen LogP contribution in [0.3, 0.4) is 0 Å². The van der Waals surface area contributed by atoms with E-state index < -0.39 is 5.97 Å². The highest BCUT2D eigenvalue weighted by Crippen LogP contribution is 2.60. The molecule has 0 saturated heterocycles. The number of carbonyl (C=O) groups is 2. The van der Waals surface area contributed by atoms with Gasteiger partial charge in [0.15, 0.2) is 11.5 Å². The van der Waals surface area contributed by atoms with Crippen molar-refractivity contribution in [3.8, 4) is 17.6 Å². The van der Waals surface area contributed by atoms with Crippen molar-refractivity contribution in [1.29, 1.82) is 5.26 Å². The lowest BCUT2D eigenvalue weighted by Gasteiger charge is -2.55. The third kappa shape index (κ3) is 4.23. The van der Waals surface area contributed by atoms with Crippen LogP contribution in [0.4, 0.5) is 0 Å². The molecular weight excluding hydrogens is 462 g/mol. The van der Waals surface area contributed by atoms with Crippen LogP contribution in [-0.2, 0) is 14.3 Å². The summed E-state index contributed by atoms with van der Waals surface area (Å²) in [6.45, 7) is 1.86. The van der Waals surface area contributed by atoms with E-state index in [0.717, 1.165) is 19.3 Å². The van der Waals surface area contributed by atoms with Gasteiger partial charge in [-0.3, -0.25) is 4.79 Å². The lowest BCUT2D eigenvalue weighted by molar-refractivity contribution is -0.161. The van der Waals surface area contributed by atoms with E-state index in [1.165, 1.54) is 32.4 Å². The Labute approximate surface area is 190 Å². The number of halogens is 1. The lowest BCUT2D eigenvalue weighted by atomic mass is 9.49. The summed E-state index contributed by atoms with van der Waals surface area (Å²) in [4.78, 5) is 25.3. The Morgan fingerprint density at radius 2 is 1.81 bits per heavy atom. The van der Waals surface area contributed by atoms with Crippen LogP contribution in [0.5, 0.6) is 11.5 Å². The van der Waals surface area contributed by atoms with Crippen molar-refractivity contribution in [2.24, 2.45) is 23.2 Å². The van der Waals surface area contributed by atoms with Gasteiger partial charge >= 0.3 is 11.9 Å². The molecule has 31 heavy (non-hydrogen) atoms. The van der Waals surface area contributed by atoms with Crippen LogP contribution in [0, 0.1) is 34.5 Å². The van der Waals surface area contributed by atoms with Crippen LogP contribution in [0.15, 0.2) is 22.2 Å². The van der Waals surface area contributed by atoms with Gasteiger partial charge in [0.05, 0.1) is 23.6 Å². The van der Waals surface area contributed by atoms with Crippen molar-refractivity contribution >= 4 is 33.9 Å². The van der Waals surface area contributed by atoms with Gasteiger partial charge in [-0.25, -0.2) is 4.79 Å². The molecule has 1 aromatic carbocycles. The fraction of sp³-hybridized carbons (Fsp3) is 0.542. The van der Waals surface area contributed by atoms with Crippen LogP contribution >= 0.6 is 15.9 Å². The minimum atomic E-state index is -0.683. The molecule has 0 aliphatic heterocycles. The van der Waals surface area contributed by atoms with Crippen molar-refractivity contribution in [2.75, 3.05) is 13.7 Å². The molecule has 7 heteroatoms. The molecule has 0 radical (unpaired) electrons. The Morgan fingerprint density at radius 1 is 1.19 bits per heavy atom. The number of methoxy groups -OCH3 is 1. The Bertz CT molecular complexity index is 942. The predicted octanol–water partition coefficient (Wildman–Crippen LogP) is 5.05. The van der Waals surface area contributed by atoms with E-state index in [1.54, 1.807) is 19.1 Å². The zero-order valence-electron chi connectivity index (χ0n) is 17.8. The van der Waals surface area contributed by atoms with E-state index in [-0.39, 0.29) is 23.6 Å². The maximum absolute atomic E-state index is 13.3. The number of rotatable bonds is 6. The second kappa shape index (κ2) is 8.66. The van der Waals surface area contributed by atoms with Gasteiger partial charge in [0, 0.05) is 0 Å². The summed E-state index contributed by atoms with van der Waals surface area (Å²) in [5.41, 5.74) is 0.0624. The highest BCUT2D eigenvalue weighted by atomic mass is 79.9. The molecule has 4 fully saturated rings. The first-order valence-corrected chi connectivity index (χ1v) is 11.6. The second-order valence-electron chi connectivity index (χ2n) is 9.01. The molecule has 4 saturated carbocycles. The summed E-state index contributed by atoms with van der Waals surface area (Å²) in [5.74, 6) is 1.77. The third-order valence-corrected chi connectivity index (χ3v) is 7.43. The average Bonchev–Trinajstić information content (AvgIpc) is 2.72. The summed E-state index contributed by atoms with van der Waals surface area (Å²) >= 11 is 3.47. The molecule has 164 valence electrons. The van der Waals surface area contributed by atoms with Crippen LogP contribution in [0.2, 0.25) is 0 Å². The zero-order chi connectivity index (χ0) is 22.2. The van der Waals surface area contributed by atoms with Gasteiger partial charge in [0.25, 0.3) is 0 Å². The second-order valence-corrected chi connectivity index (χ2v) is 9.87. The van der Waals surface area contributed by atoms with Gasteiger partial charge in [0.2, 0.25) is 0 Å². The maximum Gasteiger partial charge on any atom is 0.348 e. The minimum Gasteiger partial charge on any atom is -0.493 e. The number of nitrogens with zero attached hydrogens (tertiary/aromatic N) is 1. The number of esters is 2. The normalized spacial score (nSPS) is 28.7. The van der Waals surface area contributed by atoms with Crippen LogP contribution < -0.4 is 9.47 Å². The third-order valence-electron chi connectivity index (χ3n) is 6.84. The molecule has 5 rings (SSSR count). The number of hydrogen-bond donors (Lipinski definition) is 0. The number of carbonyl (C=O) groups excluding carboxylic acids is 2. The SMILES string of the molecule is CCOC(=O)/C(C#N)=C\c1cc(Br)c(OC(=O)C23CC4CC(CC(C4)C2)C3)c(OC)c1. The number of benzene rings is 1. The van der Waals surface area contributed by atoms with Gasteiger partial charge in [-0.1, -0.05) is 0 Å². The first kappa shape index (κ1) is 21.9. The number of ether oxygens (including phenoxy) is 3. The van der Waals surface area contributed by atoms with Gasteiger partial charge in [-0.15, -0.1) is 0 Å². The van der Waals surface area contributed by atoms with E-state index in [4.69, 9.17) is 14.2 Å². The fourth-order valence-corrected chi connectivity index (χ4v) is 6.54. The zero-order valence-corrected chi connectivity index (χ0v) is 19.4. The minimum absolute atomic E-state index is 0.117. The Kier molecular flexibility index (Phi) is 6.11. The molecule has 0 amide bonds. The molecule has 1 aromatic rings. The van der Waals surface area contributed by atoms with Crippen molar-refractivity contribution in [2.45, 2.75) is 45.4 Å². The van der Waals surface area contributed by atoms with Crippen molar-refractivity contribution in [3.05, 3.63) is 27.7 Å². The number of hydrogen-bond acceptors (Lipinski definition) is 6. The molecule has 0 aromatic heterocycles. The van der Waals surface area contributed by atoms with E-state index in [0.29, 0.717) is 39.3 Å². The molecule has 0 atom stereocenters. The largest absolute Gasteiger partial charge is 0.493 e. The standard InChI is InChI=1S/C24H26BrNO5/c1-3-30-22(27)18(13-26)7-14-8-19(25)21(20(9-14)29-2)31-23(28)24-10-15-4-16(11-24)6-17(5-15)12-24/h7-9,15-17H,3-6,10-12H2,1-2H3/b18-7-. The van der Waals surface area contributed by atoms with Crippen molar-refractivity contribution < 1.29 is 23.8 Å². The quantitative estimate of drug-likeness (QED) is 0.241. The summed E-state index contributed by atoms with van der Waals surface area (Å²) in [6, 6.07) is 5.20. The lowest BCUT2D eigenvalue weighted by Crippen LogP contribution is -2.51. The topological polar surface area (TPSA) is 85.6 Å². The molecule has 0 unspecified atom stereocenters. The smallest absolute Gasteiger partial charge is 0.348 e. The summed E-state index contributed by atoms with van der Waals surface area (Å²) in [6.07, 6.45) is 7.94. The summed E-state index contributed by atoms with van der Waals surface area (Å²) in [5, 5.41) is 9.27. The highest BCUT2D eigenvalue weighted by Gasteiger charge is 2.55. The van der Waals surface area contributed by atoms with Crippen molar-refractivity contribution in [1.82, 2.24) is 0 Å². The predicted molar refractivity (Wildman–Crippen MR) is 117 cm³/mol. The highest BCUT2D eigenvalue weighted by molar-refractivity contribution is 9.10. The van der Waals surface area contributed by atoms with Crippen LogP contribution in [0.25, 0.3) is 6.08 Å². The maximum atomic E-state index is 13.3. The summed E-state index contributed by atoms with van der Waals surface area (Å²) < 4.78 is 16.8. The van der Waals surface area contributed by atoms with Crippen molar-refractivity contribution in [3.63, 3.8) is 0 Å². The van der Waals surface area contributed by atoms with Gasteiger partial charge in [0.1, 0.15) is 11.6 Å². The molecule has 4 aliphatic rings. The van der Waals surface area contributed by atoms with Gasteiger partial charge in [-0.2, -0.15) is 5.26 Å². The summed E-state index contributed by atoms with van der Waals surface area (Å²) in [7, 11) is 1.49. The Balaban J connectivity index is 1.59. The van der Waals surface area contributed by atoms with E-state index in [1.807, 2.05) is 6.07 Å². The first-order chi connectivity index (χ1) is 14.9. The number of nitriles is 1. The molecule has 6 nitrogen and oxygen atoms in total. The molecule has 4 bridgehead atoms. The van der Waals surface area contributed by atoms with E-state index in [9.17, 15) is 14.9 Å². The molecular formula is C24H26BrNO5. The van der Waals surface area contributed by atoms with Crippen LogP contribution in [-0.4, -0.2) is 25.7 Å². The monoisotopic (exact) mass is 487 g/mol. The van der Waals surface area contributed by atoms with Crippen LogP contribution in [0.1, 0.15) is 51.0 Å².